The lowest BCUT2D eigenvalue weighted by molar-refractivity contribution is 0.109. The minimum absolute atomic E-state index is 0.252. The van der Waals surface area contributed by atoms with E-state index in [-0.39, 0.29) is 6.61 Å². The van der Waals surface area contributed by atoms with Crippen molar-refractivity contribution in [2.45, 2.75) is 12.1 Å². The molecule has 1 N–H and O–H groups in total. The molecule has 0 unspecified atom stereocenters. The Balaban J connectivity index is 2.60. The van der Waals surface area contributed by atoms with Crippen LogP contribution in [0.2, 0.25) is 0 Å². The molecular formula is C5H7N3O2. The fourth-order valence-corrected chi connectivity index (χ4v) is 0.685. The van der Waals surface area contributed by atoms with Crippen LogP contribution < -0.4 is 0 Å². The van der Waals surface area contributed by atoms with Gasteiger partial charge in [-0.2, -0.15) is 0 Å². The molecule has 10 heavy (non-hydrogen) atoms. The summed E-state index contributed by atoms with van der Waals surface area (Å²) in [6.07, 6.45) is 2.14. The zero-order valence-electron chi connectivity index (χ0n) is 5.21. The maximum atomic E-state index is 9.07. The Kier molecular flexibility index (Phi) is 2.15. The first-order valence-electron chi connectivity index (χ1n) is 2.85. The van der Waals surface area contributed by atoms with E-state index in [9.17, 15) is 0 Å². The summed E-state index contributed by atoms with van der Waals surface area (Å²) in [5, 5.41) is 12.4. The lowest BCUT2D eigenvalue weighted by Gasteiger charge is -2.18. The molecule has 0 saturated heterocycles. The quantitative estimate of drug-likeness (QED) is 0.329. The van der Waals surface area contributed by atoms with Gasteiger partial charge in [0.2, 0.25) is 0 Å². The van der Waals surface area contributed by atoms with Crippen LogP contribution in [0.15, 0.2) is 17.5 Å². The summed E-state index contributed by atoms with van der Waals surface area (Å²) in [6, 6.07) is -0.477. The third-order valence-corrected chi connectivity index (χ3v) is 1.23. The normalized spacial score (nSPS) is 30.5. The molecule has 5 heteroatoms. The van der Waals surface area contributed by atoms with E-state index in [1.807, 2.05) is 0 Å². The van der Waals surface area contributed by atoms with Gasteiger partial charge in [-0.15, -0.1) is 0 Å². The van der Waals surface area contributed by atoms with Crippen molar-refractivity contribution < 1.29 is 9.84 Å². The minimum atomic E-state index is -0.704. The van der Waals surface area contributed by atoms with Crippen molar-refractivity contribution in [1.29, 1.82) is 0 Å². The Morgan fingerprint density at radius 3 is 3.20 bits per heavy atom. The number of hydrogen-bond donors (Lipinski definition) is 1. The van der Waals surface area contributed by atoms with Crippen molar-refractivity contribution in [3.8, 4) is 0 Å². The van der Waals surface area contributed by atoms with Gasteiger partial charge in [0.1, 0.15) is 6.04 Å². The molecule has 0 bridgehead atoms. The summed E-state index contributed by atoms with van der Waals surface area (Å²) >= 11 is 0. The van der Waals surface area contributed by atoms with E-state index in [4.69, 9.17) is 15.4 Å². The second kappa shape index (κ2) is 3.10. The summed E-state index contributed by atoms with van der Waals surface area (Å²) in [6.45, 7) is 0.252. The molecule has 2 atom stereocenters. The number of rotatable bonds is 1. The van der Waals surface area contributed by atoms with Crippen molar-refractivity contribution in [3.05, 3.63) is 22.8 Å². The van der Waals surface area contributed by atoms with Crippen molar-refractivity contribution >= 4 is 0 Å². The smallest absolute Gasteiger partial charge is 0.101 e. The second-order valence-electron chi connectivity index (χ2n) is 1.92. The topological polar surface area (TPSA) is 78.2 Å². The number of aliphatic hydroxyl groups excluding tert-OH is 1. The molecule has 0 saturated carbocycles. The highest BCUT2D eigenvalue weighted by Gasteiger charge is 2.18. The Morgan fingerprint density at radius 1 is 1.80 bits per heavy atom. The molecule has 1 rings (SSSR count). The molecule has 5 nitrogen and oxygen atoms in total. The van der Waals surface area contributed by atoms with Crippen molar-refractivity contribution in [2.75, 3.05) is 6.61 Å². The number of hydrogen-bond acceptors (Lipinski definition) is 3. The highest BCUT2D eigenvalue weighted by Crippen LogP contribution is 2.07. The molecule has 54 valence electrons. The first kappa shape index (κ1) is 6.92. The highest BCUT2D eigenvalue weighted by molar-refractivity contribution is 4.95. The van der Waals surface area contributed by atoms with Crippen LogP contribution >= 0.6 is 0 Å². The molecule has 0 spiro atoms. The predicted octanol–water partition coefficient (Wildman–Crippen LogP) is 0.570. The van der Waals surface area contributed by atoms with Crippen LogP contribution in [-0.4, -0.2) is 23.9 Å². The summed E-state index contributed by atoms with van der Waals surface area (Å²) in [7, 11) is 0. The van der Waals surface area contributed by atoms with Crippen LogP contribution in [-0.2, 0) is 4.74 Å². The largest absolute Gasteiger partial charge is 0.501 e. The van der Waals surface area contributed by atoms with Crippen molar-refractivity contribution in [3.63, 3.8) is 0 Å². The molecule has 1 aliphatic heterocycles. The van der Waals surface area contributed by atoms with Gasteiger partial charge in [-0.1, -0.05) is 5.11 Å². The molecule has 0 aromatic carbocycles. The maximum absolute atomic E-state index is 9.07. The molecule has 0 amide bonds. The van der Waals surface area contributed by atoms with Crippen LogP contribution in [0, 0.1) is 0 Å². The van der Waals surface area contributed by atoms with E-state index in [1.54, 1.807) is 0 Å². The fourth-order valence-electron chi connectivity index (χ4n) is 0.685. The standard InChI is InChI=1S/C5H7N3O2/c6-8-7-4-3-10-2-1-5(4)9/h1-2,4-5,9H,3H2/t4-,5-/m0/s1. The van der Waals surface area contributed by atoms with Gasteiger partial charge in [0, 0.05) is 4.91 Å². The van der Waals surface area contributed by atoms with Crippen LogP contribution in [0.4, 0.5) is 0 Å². The fraction of sp³-hybridized carbons (Fsp3) is 0.600. The zero-order valence-corrected chi connectivity index (χ0v) is 5.21. The Morgan fingerprint density at radius 2 is 2.60 bits per heavy atom. The minimum Gasteiger partial charge on any atom is -0.501 e. The third kappa shape index (κ3) is 1.40. The third-order valence-electron chi connectivity index (χ3n) is 1.23. The van der Waals surface area contributed by atoms with Gasteiger partial charge >= 0.3 is 0 Å². The van der Waals surface area contributed by atoms with Crippen LogP contribution in [0.3, 0.4) is 0 Å². The Hall–Kier alpha value is -1.19. The van der Waals surface area contributed by atoms with Gasteiger partial charge in [-0.25, -0.2) is 0 Å². The number of ether oxygens (including phenoxy) is 1. The summed E-state index contributed by atoms with van der Waals surface area (Å²) < 4.78 is 4.80. The lowest BCUT2D eigenvalue weighted by Crippen LogP contribution is -2.29. The number of nitrogens with zero attached hydrogens (tertiary/aromatic N) is 3. The molecular weight excluding hydrogens is 134 g/mol. The van der Waals surface area contributed by atoms with Gasteiger partial charge in [0.05, 0.1) is 19.0 Å². The number of azide groups is 1. The molecule has 1 heterocycles. The molecule has 0 radical (unpaired) electrons. The van der Waals surface area contributed by atoms with E-state index >= 15 is 0 Å². The molecule has 0 aliphatic carbocycles. The lowest BCUT2D eigenvalue weighted by atomic mass is 10.1. The van der Waals surface area contributed by atoms with Gasteiger partial charge in [0.25, 0.3) is 0 Å². The zero-order chi connectivity index (χ0) is 7.40. The average molecular weight is 141 g/mol. The van der Waals surface area contributed by atoms with E-state index in [0.717, 1.165) is 0 Å². The summed E-state index contributed by atoms with van der Waals surface area (Å²) in [4.78, 5) is 2.56. The average Bonchev–Trinajstić information content (AvgIpc) is 1.94. The van der Waals surface area contributed by atoms with E-state index in [2.05, 4.69) is 10.0 Å². The highest BCUT2D eigenvalue weighted by atomic mass is 16.5. The van der Waals surface area contributed by atoms with Crippen LogP contribution in [0.1, 0.15) is 0 Å². The maximum Gasteiger partial charge on any atom is 0.101 e. The van der Waals surface area contributed by atoms with E-state index < -0.39 is 12.1 Å². The van der Waals surface area contributed by atoms with Crippen molar-refractivity contribution in [1.82, 2.24) is 0 Å². The number of aliphatic hydroxyl groups is 1. The monoisotopic (exact) mass is 141 g/mol. The van der Waals surface area contributed by atoms with Gasteiger partial charge in [-0.3, -0.25) is 0 Å². The van der Waals surface area contributed by atoms with E-state index in [0.29, 0.717) is 0 Å². The van der Waals surface area contributed by atoms with E-state index in [1.165, 1.54) is 12.3 Å². The molecule has 0 aromatic rings. The van der Waals surface area contributed by atoms with Crippen LogP contribution in [0.5, 0.6) is 0 Å². The van der Waals surface area contributed by atoms with Gasteiger partial charge < -0.3 is 9.84 Å². The summed E-state index contributed by atoms with van der Waals surface area (Å²) in [5.74, 6) is 0. The molecule has 1 aliphatic rings. The Labute approximate surface area is 57.5 Å². The molecule has 0 aromatic heterocycles. The first-order valence-corrected chi connectivity index (χ1v) is 2.85. The first-order chi connectivity index (χ1) is 4.84. The van der Waals surface area contributed by atoms with Gasteiger partial charge in [0.15, 0.2) is 0 Å². The van der Waals surface area contributed by atoms with Gasteiger partial charge in [-0.05, 0) is 11.6 Å². The van der Waals surface area contributed by atoms with Crippen molar-refractivity contribution in [2.24, 2.45) is 5.11 Å². The Bertz CT molecular complexity index is 185. The summed E-state index contributed by atoms with van der Waals surface area (Å²) in [5.41, 5.74) is 8.00. The SMILES string of the molecule is [N-]=[N+]=N[C@H]1COC=C[C@@H]1O. The second-order valence-corrected chi connectivity index (χ2v) is 1.92. The predicted molar refractivity (Wildman–Crippen MR) is 34.0 cm³/mol. The molecule has 0 fully saturated rings. The van der Waals surface area contributed by atoms with Crippen LogP contribution in [0.25, 0.3) is 10.4 Å².